The largest absolute Gasteiger partial charge is 0.383 e. The van der Waals surface area contributed by atoms with Gasteiger partial charge in [0, 0.05) is 25.6 Å². The lowest BCUT2D eigenvalue weighted by Crippen LogP contribution is -2.48. The highest BCUT2D eigenvalue weighted by molar-refractivity contribution is 5.97. The average molecular weight is 390 g/mol. The van der Waals surface area contributed by atoms with Gasteiger partial charge < -0.3 is 10.6 Å². The van der Waals surface area contributed by atoms with Crippen molar-refractivity contribution in [2.45, 2.75) is 64.5 Å². The fourth-order valence-electron chi connectivity index (χ4n) is 3.65. The first kappa shape index (κ1) is 21.7. The number of hydrogen-bond donors (Lipinski definition) is 2. The van der Waals surface area contributed by atoms with Gasteiger partial charge in [-0.2, -0.15) is 5.26 Å². The minimum atomic E-state index is -0.629. The Morgan fingerprint density at radius 3 is 2.64 bits per heavy atom. The summed E-state index contributed by atoms with van der Waals surface area (Å²) in [5.74, 6) is -0.202. The molecule has 0 bridgehead atoms. The van der Waals surface area contributed by atoms with Gasteiger partial charge in [0.2, 0.25) is 5.91 Å². The van der Waals surface area contributed by atoms with Crippen LogP contribution in [0.4, 0.5) is 11.5 Å². The van der Waals surface area contributed by atoms with E-state index in [2.05, 4.69) is 11.1 Å². The molecule has 1 aromatic rings. The third-order valence-electron chi connectivity index (χ3n) is 5.16. The lowest BCUT2D eigenvalue weighted by molar-refractivity contribution is -0.119. The minimum absolute atomic E-state index is 0.0436. The summed E-state index contributed by atoms with van der Waals surface area (Å²) in [6.45, 7) is 2.92. The van der Waals surface area contributed by atoms with E-state index in [9.17, 15) is 14.4 Å². The van der Waals surface area contributed by atoms with E-state index in [0.717, 1.165) is 38.5 Å². The maximum atomic E-state index is 13.1. The molecular weight excluding hydrogens is 360 g/mol. The molecule has 9 heteroatoms. The lowest BCUT2D eigenvalue weighted by Gasteiger charge is -2.31. The topological polar surface area (TPSA) is 128 Å². The van der Waals surface area contributed by atoms with Crippen LogP contribution in [-0.2, 0) is 11.3 Å². The molecule has 9 nitrogen and oxygen atoms in total. The Kier molecular flexibility index (Phi) is 7.81. The number of aromatic nitrogens is 2. The maximum Gasteiger partial charge on any atom is 0.330 e. The molecule has 1 heterocycles. The molecule has 0 aromatic carbocycles. The number of anilines is 2. The second-order valence-corrected chi connectivity index (χ2v) is 7.35. The Morgan fingerprint density at radius 1 is 1.36 bits per heavy atom. The smallest absolute Gasteiger partial charge is 0.330 e. The van der Waals surface area contributed by atoms with E-state index in [1.54, 1.807) is 11.9 Å². The van der Waals surface area contributed by atoms with Crippen LogP contribution in [0.2, 0.25) is 0 Å². The molecule has 1 saturated carbocycles. The first-order valence-electron chi connectivity index (χ1n) is 9.90. The number of likely N-dealkylation sites (N-methyl/N-ethyl adjacent to an activating group) is 1. The van der Waals surface area contributed by atoms with E-state index in [1.807, 2.05) is 6.92 Å². The van der Waals surface area contributed by atoms with Gasteiger partial charge in [-0.05, 0) is 26.3 Å². The normalized spacial score (nSPS) is 14.4. The summed E-state index contributed by atoms with van der Waals surface area (Å²) in [5, 5.41) is 8.74. The number of nitrogens with zero attached hydrogens (tertiary/aromatic N) is 4. The number of carbonyl (C=O) groups is 1. The molecule has 0 aliphatic heterocycles. The number of aromatic amines is 1. The lowest BCUT2D eigenvalue weighted by atomic mass is 10.1. The fourth-order valence-corrected chi connectivity index (χ4v) is 3.65. The predicted octanol–water partition coefficient (Wildman–Crippen LogP) is 1.04. The summed E-state index contributed by atoms with van der Waals surface area (Å²) >= 11 is 0. The molecule has 1 aliphatic carbocycles. The first-order chi connectivity index (χ1) is 13.4. The van der Waals surface area contributed by atoms with Gasteiger partial charge >= 0.3 is 5.69 Å². The van der Waals surface area contributed by atoms with Crippen LogP contribution in [0.25, 0.3) is 0 Å². The van der Waals surface area contributed by atoms with Crippen molar-refractivity contribution in [3.63, 3.8) is 0 Å². The summed E-state index contributed by atoms with van der Waals surface area (Å²) in [6, 6.07) is 1.95. The zero-order chi connectivity index (χ0) is 20.7. The number of nitrogens with one attached hydrogen (secondary N) is 1. The quantitative estimate of drug-likeness (QED) is 0.648. The van der Waals surface area contributed by atoms with Crippen molar-refractivity contribution in [1.29, 1.82) is 5.26 Å². The van der Waals surface area contributed by atoms with Crippen molar-refractivity contribution < 1.29 is 4.79 Å². The van der Waals surface area contributed by atoms with Gasteiger partial charge in [-0.15, -0.1) is 0 Å². The number of hydrogen-bond acceptors (Lipinski definition) is 6. The summed E-state index contributed by atoms with van der Waals surface area (Å²) in [7, 11) is 1.76. The van der Waals surface area contributed by atoms with Crippen LogP contribution in [0.3, 0.4) is 0 Å². The van der Waals surface area contributed by atoms with Crippen LogP contribution in [0.1, 0.15) is 51.9 Å². The number of nitrogens with two attached hydrogens (primary N) is 1. The van der Waals surface area contributed by atoms with Crippen LogP contribution in [-0.4, -0.2) is 46.5 Å². The molecule has 0 spiro atoms. The molecule has 0 unspecified atom stereocenters. The molecule has 0 atom stereocenters. The Labute approximate surface area is 164 Å². The van der Waals surface area contributed by atoms with E-state index < -0.39 is 11.2 Å². The van der Waals surface area contributed by atoms with Gasteiger partial charge in [-0.25, -0.2) is 4.79 Å². The van der Waals surface area contributed by atoms with Crippen molar-refractivity contribution in [2.75, 3.05) is 30.8 Å². The SMILES string of the molecule is CCCCn1c(N)c(N(C(=O)CN(C)CCC#N)C2CCCC2)c(=O)[nH]c1=O. The van der Waals surface area contributed by atoms with Crippen molar-refractivity contribution in [3.05, 3.63) is 20.8 Å². The van der Waals surface area contributed by atoms with E-state index >= 15 is 0 Å². The summed E-state index contributed by atoms with van der Waals surface area (Å²) in [5.41, 5.74) is 5.13. The van der Waals surface area contributed by atoms with Gasteiger partial charge in [-0.3, -0.25) is 24.0 Å². The number of unbranched alkanes of at least 4 members (excludes halogenated alkanes) is 1. The van der Waals surface area contributed by atoms with Crippen LogP contribution in [0, 0.1) is 11.3 Å². The fraction of sp³-hybridized carbons (Fsp3) is 0.684. The zero-order valence-electron chi connectivity index (χ0n) is 16.7. The predicted molar refractivity (Wildman–Crippen MR) is 108 cm³/mol. The Bertz CT molecular complexity index is 832. The number of H-pyrrole nitrogens is 1. The molecular formula is C19H30N6O3. The molecule has 1 aliphatic rings. The van der Waals surface area contributed by atoms with Crippen molar-refractivity contribution >= 4 is 17.4 Å². The molecule has 154 valence electrons. The van der Waals surface area contributed by atoms with Crippen LogP contribution in [0.5, 0.6) is 0 Å². The van der Waals surface area contributed by atoms with Crippen LogP contribution >= 0.6 is 0 Å². The minimum Gasteiger partial charge on any atom is -0.383 e. The molecule has 1 amide bonds. The second kappa shape index (κ2) is 10.1. The number of carbonyl (C=O) groups excluding carboxylic acids is 1. The Balaban J connectivity index is 2.43. The summed E-state index contributed by atoms with van der Waals surface area (Å²) in [4.78, 5) is 43.6. The standard InChI is InChI=1S/C19H30N6O3/c1-3-4-12-24-17(21)16(18(27)22-19(24)28)25(14-8-5-6-9-14)15(26)13-23(2)11-7-10-20/h14H,3-9,11-13,21H2,1-2H3,(H,22,27,28). The molecule has 2 rings (SSSR count). The van der Waals surface area contributed by atoms with E-state index in [1.165, 1.54) is 9.47 Å². The number of nitriles is 1. The molecule has 1 fully saturated rings. The highest BCUT2D eigenvalue weighted by atomic mass is 16.2. The van der Waals surface area contributed by atoms with Gasteiger partial charge in [0.15, 0.2) is 5.69 Å². The first-order valence-corrected chi connectivity index (χ1v) is 9.90. The molecule has 1 aromatic heterocycles. The molecule has 0 saturated heterocycles. The summed E-state index contributed by atoms with van der Waals surface area (Å²) < 4.78 is 1.34. The zero-order valence-corrected chi connectivity index (χ0v) is 16.7. The average Bonchev–Trinajstić information content (AvgIpc) is 3.17. The second-order valence-electron chi connectivity index (χ2n) is 7.35. The Hall–Kier alpha value is -2.60. The van der Waals surface area contributed by atoms with E-state index in [0.29, 0.717) is 19.5 Å². The van der Waals surface area contributed by atoms with Crippen molar-refractivity contribution in [3.8, 4) is 6.07 Å². The third-order valence-corrected chi connectivity index (χ3v) is 5.16. The third kappa shape index (κ3) is 5.01. The van der Waals surface area contributed by atoms with Gasteiger partial charge in [0.05, 0.1) is 12.6 Å². The maximum absolute atomic E-state index is 13.1. The molecule has 0 radical (unpaired) electrons. The van der Waals surface area contributed by atoms with Crippen molar-refractivity contribution in [1.82, 2.24) is 14.5 Å². The molecule has 3 N–H and O–H groups in total. The van der Waals surface area contributed by atoms with Gasteiger partial charge in [0.25, 0.3) is 5.56 Å². The number of amides is 1. The number of rotatable bonds is 9. The van der Waals surface area contributed by atoms with Crippen LogP contribution in [0.15, 0.2) is 9.59 Å². The van der Waals surface area contributed by atoms with Crippen LogP contribution < -0.4 is 21.9 Å². The van der Waals surface area contributed by atoms with Gasteiger partial charge in [0.1, 0.15) is 5.82 Å². The van der Waals surface area contributed by atoms with E-state index in [-0.39, 0.29) is 30.0 Å². The Morgan fingerprint density at radius 2 is 2.04 bits per heavy atom. The van der Waals surface area contributed by atoms with Crippen molar-refractivity contribution in [2.24, 2.45) is 0 Å². The highest BCUT2D eigenvalue weighted by Crippen LogP contribution is 2.29. The highest BCUT2D eigenvalue weighted by Gasteiger charge is 2.32. The van der Waals surface area contributed by atoms with E-state index in [4.69, 9.17) is 11.0 Å². The monoisotopic (exact) mass is 390 g/mol. The number of nitrogen functional groups attached to an aromatic ring is 1. The molecule has 28 heavy (non-hydrogen) atoms. The summed E-state index contributed by atoms with van der Waals surface area (Å²) in [6.07, 6.45) is 5.47. The van der Waals surface area contributed by atoms with Gasteiger partial charge in [-0.1, -0.05) is 26.2 Å².